The summed E-state index contributed by atoms with van der Waals surface area (Å²) in [6.07, 6.45) is -3.86. The number of fused-ring (bicyclic) bond motifs is 1. The maximum atomic E-state index is 11.9. The molecule has 4 rings (SSSR count). The molecule has 37 heavy (non-hydrogen) atoms. The molecule has 4 aromatic rings. The normalized spacial score (nSPS) is 11.1. The van der Waals surface area contributed by atoms with Crippen molar-refractivity contribution in [1.82, 2.24) is 4.98 Å². The third kappa shape index (κ3) is 8.14. The van der Waals surface area contributed by atoms with Crippen molar-refractivity contribution >= 4 is 67.2 Å². The highest BCUT2D eigenvalue weighted by Crippen LogP contribution is 2.34. The number of benzene rings is 3. The number of halogens is 5. The first-order chi connectivity index (χ1) is 17.3. The lowest BCUT2D eigenvalue weighted by atomic mass is 10.0. The van der Waals surface area contributed by atoms with E-state index in [0.29, 0.717) is 25.4 Å². The number of rotatable bonds is 6. The van der Waals surface area contributed by atoms with Crippen LogP contribution in [-0.2, 0) is 17.6 Å². The molecule has 0 unspecified atom stereocenters. The second kappa shape index (κ2) is 11.9. The van der Waals surface area contributed by atoms with Gasteiger partial charge in [0, 0.05) is 16.8 Å². The average molecular weight is 572 g/mol. The van der Waals surface area contributed by atoms with Crippen LogP contribution < -0.4 is 15.8 Å². The van der Waals surface area contributed by atoms with Crippen molar-refractivity contribution in [2.45, 2.75) is 33.1 Å². The molecule has 1 aromatic heterocycles. The predicted molar refractivity (Wildman–Crippen MR) is 142 cm³/mol. The molecule has 0 saturated carbocycles. The summed E-state index contributed by atoms with van der Waals surface area (Å²) in [6.45, 7) is 3.94. The molecule has 0 aliphatic heterocycles. The van der Waals surface area contributed by atoms with Crippen molar-refractivity contribution in [3.05, 3.63) is 75.3 Å². The number of aliphatic carboxylic acids is 1. The van der Waals surface area contributed by atoms with Gasteiger partial charge >= 0.3 is 12.3 Å². The van der Waals surface area contributed by atoms with Crippen LogP contribution in [0.25, 0.3) is 10.2 Å². The Hall–Kier alpha value is -3.21. The van der Waals surface area contributed by atoms with E-state index in [4.69, 9.17) is 34.0 Å². The fourth-order valence-corrected chi connectivity index (χ4v) is 4.82. The molecule has 4 N–H and O–H groups in total. The Morgan fingerprint density at radius 3 is 2.51 bits per heavy atom. The summed E-state index contributed by atoms with van der Waals surface area (Å²) in [5.74, 6) is -1.13. The average Bonchev–Trinajstić information content (AvgIpc) is 3.15. The van der Waals surface area contributed by atoms with E-state index < -0.39 is 12.3 Å². The van der Waals surface area contributed by atoms with Crippen LogP contribution in [0.4, 0.5) is 29.7 Å². The number of alkyl halides is 3. The van der Waals surface area contributed by atoms with Gasteiger partial charge in [0.05, 0.1) is 27.3 Å². The summed E-state index contributed by atoms with van der Waals surface area (Å²) >= 11 is 13.3. The number of carboxylic acid groups (broad SMARTS) is 1. The zero-order chi connectivity index (χ0) is 27.3. The van der Waals surface area contributed by atoms with Crippen LogP contribution in [-0.4, -0.2) is 22.4 Å². The van der Waals surface area contributed by atoms with E-state index in [-0.39, 0.29) is 12.2 Å². The van der Waals surface area contributed by atoms with E-state index in [1.165, 1.54) is 18.2 Å². The van der Waals surface area contributed by atoms with E-state index in [9.17, 15) is 18.0 Å². The quantitative estimate of drug-likeness (QED) is 0.217. The Kier molecular flexibility index (Phi) is 9.12. The molecule has 0 aliphatic rings. The van der Waals surface area contributed by atoms with Gasteiger partial charge in [-0.3, -0.25) is 4.79 Å². The number of anilines is 3. The van der Waals surface area contributed by atoms with Gasteiger partial charge in [-0.2, -0.15) is 0 Å². The van der Waals surface area contributed by atoms with Crippen LogP contribution in [0.15, 0.2) is 48.5 Å². The van der Waals surface area contributed by atoms with Crippen molar-refractivity contribution in [1.29, 1.82) is 0 Å². The lowest BCUT2D eigenvalue weighted by molar-refractivity contribution is -0.274. The molecule has 0 fully saturated rings. The molecule has 0 atom stereocenters. The maximum absolute atomic E-state index is 11.9. The number of nitrogens with two attached hydrogens (primary N) is 1. The third-order valence-electron chi connectivity index (χ3n) is 5.04. The number of nitrogens with zero attached hydrogens (tertiary/aromatic N) is 1. The fourth-order valence-electron chi connectivity index (χ4n) is 3.41. The summed E-state index contributed by atoms with van der Waals surface area (Å²) in [4.78, 5) is 15.0. The van der Waals surface area contributed by atoms with Crippen molar-refractivity contribution in [3.8, 4) is 5.75 Å². The lowest BCUT2D eigenvalue weighted by Crippen LogP contribution is -2.16. The van der Waals surface area contributed by atoms with Crippen LogP contribution in [0.3, 0.4) is 0 Å². The minimum atomic E-state index is -4.68. The molecule has 0 radical (unpaired) electrons. The molecule has 0 bridgehead atoms. The van der Waals surface area contributed by atoms with Crippen molar-refractivity contribution in [2.75, 3.05) is 11.1 Å². The van der Waals surface area contributed by atoms with Crippen LogP contribution >= 0.6 is 34.5 Å². The standard InChI is InChI=1S/C17H17Cl2NO2.C8H5F3N2OS/c1-3-11-4-5-15(12(7-11)8-16(21)22)20-17-10(2)6-13(18)9-14(17)19;9-8(10,11)14-4-1-2-5-6(3-4)15-7(12)13-5/h4-7,9,20H,3,8H2,1-2H3,(H,21,22);1-3H,(H2,12,13). The number of nitrogens with one attached hydrogen (secondary N) is 1. The number of ether oxygens (including phenoxy) is 1. The Balaban J connectivity index is 0.000000220. The number of carboxylic acids is 1. The molecule has 0 saturated heterocycles. The highest BCUT2D eigenvalue weighted by atomic mass is 35.5. The summed E-state index contributed by atoms with van der Waals surface area (Å²) in [7, 11) is 0. The molecular formula is C25H22Cl2F3N3O3S. The molecule has 0 amide bonds. The SMILES string of the molecule is CCc1ccc(Nc2c(C)cc(Cl)cc2Cl)c(CC(=O)O)c1.Nc1nc2ccc(OC(F)(F)F)cc2s1. The molecule has 0 spiro atoms. The number of nitrogen functional groups attached to an aromatic ring is 1. The highest BCUT2D eigenvalue weighted by Gasteiger charge is 2.31. The zero-order valence-electron chi connectivity index (χ0n) is 19.6. The smallest absolute Gasteiger partial charge is 0.481 e. The Morgan fingerprint density at radius 1 is 1.16 bits per heavy atom. The lowest BCUT2D eigenvalue weighted by Gasteiger charge is -2.16. The number of hydrogen-bond acceptors (Lipinski definition) is 6. The van der Waals surface area contributed by atoms with Crippen molar-refractivity contribution in [2.24, 2.45) is 0 Å². The maximum Gasteiger partial charge on any atom is 0.573 e. The first-order valence-corrected chi connectivity index (χ1v) is 12.4. The summed E-state index contributed by atoms with van der Waals surface area (Å²) < 4.78 is 40.0. The van der Waals surface area contributed by atoms with Gasteiger partial charge in [0.25, 0.3) is 0 Å². The summed E-state index contributed by atoms with van der Waals surface area (Å²) in [6, 6.07) is 13.2. The molecule has 196 valence electrons. The van der Waals surface area contributed by atoms with Crippen LogP contribution in [0.1, 0.15) is 23.6 Å². The van der Waals surface area contributed by atoms with Gasteiger partial charge in [0.15, 0.2) is 5.13 Å². The first-order valence-electron chi connectivity index (χ1n) is 10.8. The molecule has 3 aromatic carbocycles. The molecule has 12 heteroatoms. The number of hydrogen-bond donors (Lipinski definition) is 3. The second-order valence-electron chi connectivity index (χ2n) is 7.85. The van der Waals surface area contributed by atoms with Gasteiger partial charge in [-0.1, -0.05) is 53.6 Å². The van der Waals surface area contributed by atoms with Crippen LogP contribution in [0.5, 0.6) is 5.75 Å². The third-order valence-corrected chi connectivity index (χ3v) is 6.41. The second-order valence-corrected chi connectivity index (χ2v) is 9.76. The van der Waals surface area contributed by atoms with E-state index in [1.54, 1.807) is 6.07 Å². The van der Waals surface area contributed by atoms with Crippen molar-refractivity contribution in [3.63, 3.8) is 0 Å². The number of carbonyl (C=O) groups is 1. The molecule has 6 nitrogen and oxygen atoms in total. The fraction of sp³-hybridized carbons (Fsp3) is 0.200. The highest BCUT2D eigenvalue weighted by molar-refractivity contribution is 7.22. The Bertz CT molecular complexity index is 1400. The monoisotopic (exact) mass is 571 g/mol. The van der Waals surface area contributed by atoms with Crippen LogP contribution in [0.2, 0.25) is 10.0 Å². The number of aromatic nitrogens is 1. The molecule has 0 aliphatic carbocycles. The largest absolute Gasteiger partial charge is 0.573 e. The first kappa shape index (κ1) is 28.4. The van der Waals surface area contributed by atoms with E-state index >= 15 is 0 Å². The molecule has 1 heterocycles. The van der Waals surface area contributed by atoms with Crippen molar-refractivity contribution < 1.29 is 27.8 Å². The predicted octanol–water partition coefficient (Wildman–Crippen LogP) is 8.01. The van der Waals surface area contributed by atoms with E-state index in [1.807, 2.05) is 38.1 Å². The van der Waals surface area contributed by atoms with E-state index in [2.05, 4.69) is 15.0 Å². The van der Waals surface area contributed by atoms with E-state index in [0.717, 1.165) is 45.8 Å². The minimum absolute atomic E-state index is 0.0412. The van der Waals surface area contributed by atoms with Gasteiger partial charge in [0.2, 0.25) is 0 Å². The minimum Gasteiger partial charge on any atom is -0.481 e. The Labute approximate surface area is 224 Å². The molecular weight excluding hydrogens is 550 g/mol. The topological polar surface area (TPSA) is 97.5 Å². The van der Waals surface area contributed by atoms with Gasteiger partial charge in [-0.15, -0.1) is 13.2 Å². The summed E-state index contributed by atoms with van der Waals surface area (Å²) in [5, 5.41) is 13.7. The Morgan fingerprint density at radius 2 is 1.89 bits per heavy atom. The summed E-state index contributed by atoms with van der Waals surface area (Å²) in [5.41, 5.74) is 10.2. The van der Waals surface area contributed by atoms with Gasteiger partial charge in [0.1, 0.15) is 5.75 Å². The van der Waals surface area contributed by atoms with Gasteiger partial charge in [-0.25, -0.2) is 4.98 Å². The van der Waals surface area contributed by atoms with Crippen LogP contribution in [0, 0.1) is 6.92 Å². The number of aryl methyl sites for hydroxylation is 2. The number of thiazole rings is 1. The zero-order valence-corrected chi connectivity index (χ0v) is 21.9. The van der Waals surface area contributed by atoms with Gasteiger partial charge < -0.3 is 20.9 Å². The van der Waals surface area contributed by atoms with Gasteiger partial charge in [-0.05, 0) is 60.4 Å².